The highest BCUT2D eigenvalue weighted by molar-refractivity contribution is 6.22. The molecule has 0 radical (unpaired) electrons. The van der Waals surface area contributed by atoms with Crippen molar-refractivity contribution in [3.8, 4) is 0 Å². The second-order valence-corrected chi connectivity index (χ2v) is 3.56. The van der Waals surface area contributed by atoms with Crippen LogP contribution in [0.2, 0.25) is 0 Å². The van der Waals surface area contributed by atoms with E-state index in [9.17, 15) is 4.79 Å². The fourth-order valence-electron chi connectivity index (χ4n) is 1.65. The summed E-state index contributed by atoms with van der Waals surface area (Å²) >= 11 is 0. The molecule has 2 aromatic rings. The van der Waals surface area contributed by atoms with Gasteiger partial charge in [0.05, 0.1) is 22.8 Å². The Balaban J connectivity index is 2.06. The second-order valence-electron chi connectivity index (χ2n) is 3.56. The SMILES string of the molecule is NC=C1C=NN(c2nc3ccccc3[nH]2)C1=O. The molecule has 3 rings (SSSR count). The Kier molecular flexibility index (Phi) is 1.94. The van der Waals surface area contributed by atoms with Crippen molar-refractivity contribution in [1.29, 1.82) is 0 Å². The maximum absolute atomic E-state index is 11.8. The van der Waals surface area contributed by atoms with Gasteiger partial charge in [0.1, 0.15) is 0 Å². The number of aromatic amines is 1. The summed E-state index contributed by atoms with van der Waals surface area (Å²) in [5.41, 5.74) is 7.31. The number of fused-ring (bicyclic) bond motifs is 1. The van der Waals surface area contributed by atoms with Crippen LogP contribution >= 0.6 is 0 Å². The zero-order valence-electron chi connectivity index (χ0n) is 8.79. The van der Waals surface area contributed by atoms with E-state index >= 15 is 0 Å². The number of H-pyrrole nitrogens is 1. The van der Waals surface area contributed by atoms with E-state index in [1.165, 1.54) is 17.4 Å². The first-order chi connectivity index (χ1) is 8.29. The van der Waals surface area contributed by atoms with Crippen LogP contribution in [0.3, 0.4) is 0 Å². The van der Waals surface area contributed by atoms with Crippen LogP contribution < -0.4 is 10.7 Å². The van der Waals surface area contributed by atoms with Gasteiger partial charge in [0.15, 0.2) is 0 Å². The summed E-state index contributed by atoms with van der Waals surface area (Å²) in [6.45, 7) is 0. The molecule has 1 aromatic heterocycles. The van der Waals surface area contributed by atoms with E-state index in [2.05, 4.69) is 15.1 Å². The van der Waals surface area contributed by atoms with Crippen LogP contribution in [0.1, 0.15) is 0 Å². The van der Waals surface area contributed by atoms with Crippen molar-refractivity contribution in [3.63, 3.8) is 0 Å². The molecule has 1 aromatic carbocycles. The maximum atomic E-state index is 11.8. The third kappa shape index (κ3) is 1.38. The molecule has 0 unspecified atom stereocenters. The number of nitrogens with zero attached hydrogens (tertiary/aromatic N) is 3. The molecule has 2 heterocycles. The van der Waals surface area contributed by atoms with Gasteiger partial charge in [-0.05, 0) is 12.1 Å². The summed E-state index contributed by atoms with van der Waals surface area (Å²) in [7, 11) is 0. The number of hydrogen-bond donors (Lipinski definition) is 2. The molecule has 0 atom stereocenters. The largest absolute Gasteiger partial charge is 0.404 e. The van der Waals surface area contributed by atoms with E-state index in [1.807, 2.05) is 24.3 Å². The third-order valence-electron chi connectivity index (χ3n) is 2.51. The summed E-state index contributed by atoms with van der Waals surface area (Å²) in [5, 5.41) is 5.14. The monoisotopic (exact) mass is 227 g/mol. The number of para-hydroxylation sites is 2. The topological polar surface area (TPSA) is 87.4 Å². The Morgan fingerprint density at radius 2 is 2.18 bits per heavy atom. The minimum absolute atomic E-state index is 0.286. The van der Waals surface area contributed by atoms with Gasteiger partial charge in [-0.25, -0.2) is 4.98 Å². The van der Waals surface area contributed by atoms with E-state index in [1.54, 1.807) is 0 Å². The number of carbonyl (C=O) groups is 1. The van der Waals surface area contributed by atoms with Crippen LogP contribution in [0.15, 0.2) is 41.1 Å². The van der Waals surface area contributed by atoms with Gasteiger partial charge in [-0.3, -0.25) is 4.79 Å². The number of nitrogens with two attached hydrogens (primary N) is 1. The number of amides is 1. The highest BCUT2D eigenvalue weighted by Crippen LogP contribution is 2.20. The molecule has 17 heavy (non-hydrogen) atoms. The lowest BCUT2D eigenvalue weighted by Crippen LogP contribution is -2.22. The Morgan fingerprint density at radius 3 is 2.88 bits per heavy atom. The van der Waals surface area contributed by atoms with E-state index in [4.69, 9.17) is 5.73 Å². The number of hydrazone groups is 1. The number of carbonyl (C=O) groups excluding carboxylic acids is 1. The van der Waals surface area contributed by atoms with Crippen LogP contribution in [0, 0.1) is 0 Å². The lowest BCUT2D eigenvalue weighted by Gasteiger charge is -2.06. The van der Waals surface area contributed by atoms with Gasteiger partial charge in [-0.2, -0.15) is 10.1 Å². The van der Waals surface area contributed by atoms with Crippen LogP contribution in [-0.2, 0) is 4.79 Å². The summed E-state index contributed by atoms with van der Waals surface area (Å²) in [6, 6.07) is 7.52. The summed E-state index contributed by atoms with van der Waals surface area (Å²) in [5.74, 6) is 0.107. The van der Waals surface area contributed by atoms with Crippen LogP contribution in [-0.4, -0.2) is 22.1 Å². The van der Waals surface area contributed by atoms with Crippen molar-refractivity contribution >= 4 is 29.1 Å². The molecule has 1 aliphatic heterocycles. The Bertz CT molecular complexity index is 622. The van der Waals surface area contributed by atoms with Gasteiger partial charge in [0.2, 0.25) is 5.95 Å². The molecule has 6 nitrogen and oxygen atoms in total. The van der Waals surface area contributed by atoms with Crippen molar-refractivity contribution in [2.24, 2.45) is 10.8 Å². The van der Waals surface area contributed by atoms with Gasteiger partial charge in [0, 0.05) is 6.20 Å². The van der Waals surface area contributed by atoms with Crippen LogP contribution in [0.4, 0.5) is 5.95 Å². The standard InChI is InChI=1S/C11H9N5O/c12-5-7-6-13-16(10(7)17)11-14-8-3-1-2-4-9(8)15-11/h1-6H,12H2,(H,14,15). The quantitative estimate of drug-likeness (QED) is 0.704. The molecule has 0 saturated carbocycles. The lowest BCUT2D eigenvalue weighted by molar-refractivity contribution is -0.114. The van der Waals surface area contributed by atoms with E-state index in [0.29, 0.717) is 11.5 Å². The first-order valence-corrected chi connectivity index (χ1v) is 5.04. The number of imidazole rings is 1. The van der Waals surface area contributed by atoms with E-state index in [0.717, 1.165) is 11.0 Å². The lowest BCUT2D eigenvalue weighted by atomic mass is 10.3. The van der Waals surface area contributed by atoms with Gasteiger partial charge >= 0.3 is 0 Å². The molecule has 0 aliphatic carbocycles. The first-order valence-electron chi connectivity index (χ1n) is 5.04. The summed E-state index contributed by atoms with van der Waals surface area (Å²) in [6.07, 6.45) is 2.64. The van der Waals surface area contributed by atoms with Gasteiger partial charge in [0.25, 0.3) is 5.91 Å². The fraction of sp³-hybridized carbons (Fsp3) is 0. The first kappa shape index (κ1) is 9.59. The number of anilines is 1. The van der Waals surface area contributed by atoms with Crippen molar-refractivity contribution in [2.45, 2.75) is 0 Å². The maximum Gasteiger partial charge on any atom is 0.284 e. The average molecular weight is 227 g/mol. The molecular weight excluding hydrogens is 218 g/mol. The van der Waals surface area contributed by atoms with Crippen molar-refractivity contribution in [1.82, 2.24) is 9.97 Å². The van der Waals surface area contributed by atoms with Crippen LogP contribution in [0.25, 0.3) is 11.0 Å². The summed E-state index contributed by atoms with van der Waals surface area (Å²) in [4.78, 5) is 19.1. The molecule has 3 N–H and O–H groups in total. The summed E-state index contributed by atoms with van der Waals surface area (Å²) < 4.78 is 0. The predicted octanol–water partition coefficient (Wildman–Crippen LogP) is 0.738. The molecule has 0 spiro atoms. The van der Waals surface area contributed by atoms with Gasteiger partial charge in [-0.15, -0.1) is 0 Å². The van der Waals surface area contributed by atoms with Gasteiger partial charge in [-0.1, -0.05) is 12.1 Å². The Morgan fingerprint density at radius 1 is 1.35 bits per heavy atom. The minimum atomic E-state index is -0.286. The van der Waals surface area contributed by atoms with Crippen LogP contribution in [0.5, 0.6) is 0 Å². The zero-order valence-corrected chi connectivity index (χ0v) is 8.79. The molecule has 84 valence electrons. The second kappa shape index (κ2) is 3.44. The predicted molar refractivity (Wildman–Crippen MR) is 64.3 cm³/mol. The fourth-order valence-corrected chi connectivity index (χ4v) is 1.65. The minimum Gasteiger partial charge on any atom is -0.404 e. The molecule has 0 saturated heterocycles. The van der Waals surface area contributed by atoms with Crippen molar-refractivity contribution in [3.05, 3.63) is 36.0 Å². The van der Waals surface area contributed by atoms with E-state index in [-0.39, 0.29) is 5.91 Å². The third-order valence-corrected chi connectivity index (χ3v) is 2.51. The Hall–Kier alpha value is -2.63. The number of aromatic nitrogens is 2. The number of hydrogen-bond acceptors (Lipinski definition) is 4. The Labute approximate surface area is 96.4 Å². The molecule has 1 amide bonds. The molecule has 1 aliphatic rings. The normalized spacial score (nSPS) is 17.5. The zero-order chi connectivity index (χ0) is 11.8. The molecule has 0 bridgehead atoms. The number of benzene rings is 1. The van der Waals surface area contributed by atoms with Crippen molar-refractivity contribution < 1.29 is 4.79 Å². The molecule has 0 fully saturated rings. The van der Waals surface area contributed by atoms with Crippen molar-refractivity contribution in [2.75, 3.05) is 5.01 Å². The van der Waals surface area contributed by atoms with Gasteiger partial charge < -0.3 is 10.7 Å². The highest BCUT2D eigenvalue weighted by atomic mass is 16.2. The molecular formula is C11H9N5O. The average Bonchev–Trinajstić information content (AvgIpc) is 2.91. The van der Waals surface area contributed by atoms with E-state index < -0.39 is 0 Å². The highest BCUT2D eigenvalue weighted by Gasteiger charge is 2.26. The number of nitrogens with one attached hydrogen (secondary N) is 1. The smallest absolute Gasteiger partial charge is 0.284 e. The molecule has 6 heteroatoms. The number of rotatable bonds is 1.